The normalized spacial score (nSPS) is 13.5. The Hall–Kier alpha value is -0.130. The van der Waals surface area contributed by atoms with E-state index in [-0.39, 0.29) is 11.9 Å². The molecule has 21 heavy (non-hydrogen) atoms. The highest BCUT2D eigenvalue weighted by Crippen LogP contribution is 2.13. The van der Waals surface area contributed by atoms with Crippen molar-refractivity contribution in [2.45, 2.75) is 96.5 Å². The molecule has 0 radical (unpaired) electrons. The van der Waals surface area contributed by atoms with E-state index >= 15 is 0 Å². The second-order valence-corrected chi connectivity index (χ2v) is 7.62. The molecule has 128 valence electrons. The van der Waals surface area contributed by atoms with Crippen LogP contribution in [0.3, 0.4) is 0 Å². The van der Waals surface area contributed by atoms with Crippen LogP contribution < -0.4 is 0 Å². The summed E-state index contributed by atoms with van der Waals surface area (Å²) in [5, 5.41) is 9.85. The van der Waals surface area contributed by atoms with Gasteiger partial charge >= 0.3 is 0 Å². The molecule has 1 unspecified atom stereocenters. The zero-order valence-corrected chi connectivity index (χ0v) is 14.4. The molecule has 0 saturated carbocycles. The molecule has 0 spiro atoms. The molecule has 1 atom stereocenters. The molecule has 0 rings (SSSR count). The Balaban J connectivity index is 3.24. The highest BCUT2D eigenvalue weighted by molar-refractivity contribution is 7.85. The summed E-state index contributed by atoms with van der Waals surface area (Å²) in [6, 6.07) is 0. The second-order valence-electron chi connectivity index (χ2n) is 6.05. The zero-order valence-electron chi connectivity index (χ0n) is 13.6. The third-order valence-corrected chi connectivity index (χ3v) is 4.64. The Bertz CT molecular complexity index is 314. The summed E-state index contributed by atoms with van der Waals surface area (Å²) in [6.45, 7) is 2.21. The van der Waals surface area contributed by atoms with Crippen LogP contribution in [-0.4, -0.2) is 29.9 Å². The molecule has 0 aromatic carbocycles. The molecule has 0 heterocycles. The summed E-state index contributed by atoms with van der Waals surface area (Å²) in [5.74, 6) is -0.131. The van der Waals surface area contributed by atoms with Gasteiger partial charge in [-0.15, -0.1) is 0 Å². The van der Waals surface area contributed by atoms with Gasteiger partial charge in [0.15, 0.2) is 0 Å². The lowest BCUT2D eigenvalue weighted by Crippen LogP contribution is -2.06. The highest BCUT2D eigenvalue weighted by atomic mass is 32.2. The van der Waals surface area contributed by atoms with Crippen LogP contribution in [0.4, 0.5) is 0 Å². The van der Waals surface area contributed by atoms with Crippen LogP contribution in [0.5, 0.6) is 0 Å². The Morgan fingerprint density at radius 2 is 1.19 bits per heavy atom. The number of hydrogen-bond acceptors (Lipinski definition) is 3. The van der Waals surface area contributed by atoms with Crippen LogP contribution in [0, 0.1) is 0 Å². The first-order valence-electron chi connectivity index (χ1n) is 8.59. The Labute approximate surface area is 131 Å². The highest BCUT2D eigenvalue weighted by Gasteiger charge is 2.05. The summed E-state index contributed by atoms with van der Waals surface area (Å²) >= 11 is 0. The third-order valence-electron chi connectivity index (χ3n) is 3.83. The molecule has 4 nitrogen and oxygen atoms in total. The minimum Gasteiger partial charge on any atom is -0.393 e. The molecule has 0 saturated heterocycles. The predicted octanol–water partition coefficient (Wildman–Crippen LogP) is 4.33. The maximum absolute atomic E-state index is 10.5. The van der Waals surface area contributed by atoms with Gasteiger partial charge in [-0.1, -0.05) is 71.1 Å². The summed E-state index contributed by atoms with van der Waals surface area (Å²) < 4.78 is 29.6. The van der Waals surface area contributed by atoms with Crippen LogP contribution in [-0.2, 0) is 10.1 Å². The van der Waals surface area contributed by atoms with Gasteiger partial charge in [0, 0.05) is 0 Å². The Morgan fingerprint density at radius 1 is 0.762 bits per heavy atom. The standard InChI is InChI=1S/C16H34O4S/c1-2-3-4-5-7-10-13-16(17)14-11-8-6-9-12-15-21(18,19)20/h16-17H,2-15H2,1H3,(H,18,19,20). The fraction of sp³-hybridized carbons (Fsp3) is 1.00. The summed E-state index contributed by atoms with van der Waals surface area (Å²) in [6.07, 6.45) is 13.5. The van der Waals surface area contributed by atoms with Crippen molar-refractivity contribution in [3.63, 3.8) is 0 Å². The largest absolute Gasteiger partial charge is 0.393 e. The number of aliphatic hydroxyl groups excluding tert-OH is 1. The van der Waals surface area contributed by atoms with Gasteiger partial charge < -0.3 is 5.11 Å². The van der Waals surface area contributed by atoms with Crippen molar-refractivity contribution in [3.05, 3.63) is 0 Å². The van der Waals surface area contributed by atoms with Crippen LogP contribution in [0.25, 0.3) is 0 Å². The van der Waals surface area contributed by atoms with Crippen LogP contribution in [0.1, 0.15) is 90.4 Å². The minimum atomic E-state index is -3.79. The van der Waals surface area contributed by atoms with Gasteiger partial charge in [0.2, 0.25) is 0 Å². The van der Waals surface area contributed by atoms with Gasteiger partial charge in [0.1, 0.15) is 0 Å². The summed E-state index contributed by atoms with van der Waals surface area (Å²) in [7, 11) is -3.79. The number of unbranched alkanes of at least 4 members (excludes halogenated alkanes) is 9. The molecule has 0 aliphatic carbocycles. The van der Waals surface area contributed by atoms with Crippen molar-refractivity contribution >= 4 is 10.1 Å². The lowest BCUT2D eigenvalue weighted by atomic mass is 10.0. The van der Waals surface area contributed by atoms with Crippen molar-refractivity contribution in [3.8, 4) is 0 Å². The molecule has 0 aliphatic heterocycles. The number of aliphatic hydroxyl groups is 1. The first kappa shape index (κ1) is 20.9. The maximum atomic E-state index is 10.5. The van der Waals surface area contributed by atoms with Crippen LogP contribution in [0.2, 0.25) is 0 Å². The maximum Gasteiger partial charge on any atom is 0.264 e. The van der Waals surface area contributed by atoms with Gasteiger partial charge in [0.05, 0.1) is 11.9 Å². The van der Waals surface area contributed by atoms with E-state index < -0.39 is 10.1 Å². The number of hydrogen-bond donors (Lipinski definition) is 2. The molecular weight excluding hydrogens is 288 g/mol. The lowest BCUT2D eigenvalue weighted by molar-refractivity contribution is 0.147. The summed E-state index contributed by atoms with van der Waals surface area (Å²) in [4.78, 5) is 0. The quantitative estimate of drug-likeness (QED) is 0.348. The minimum absolute atomic E-state index is 0.131. The van der Waals surface area contributed by atoms with Crippen molar-refractivity contribution in [1.82, 2.24) is 0 Å². The van der Waals surface area contributed by atoms with Crippen molar-refractivity contribution < 1.29 is 18.1 Å². The third kappa shape index (κ3) is 17.8. The molecule has 0 fully saturated rings. The van der Waals surface area contributed by atoms with Gasteiger partial charge in [-0.05, 0) is 19.3 Å². The molecule has 0 bridgehead atoms. The first-order valence-corrected chi connectivity index (χ1v) is 10.2. The smallest absolute Gasteiger partial charge is 0.264 e. The molecule has 5 heteroatoms. The van der Waals surface area contributed by atoms with Gasteiger partial charge in [0.25, 0.3) is 10.1 Å². The molecule has 0 aliphatic rings. The fourth-order valence-corrected chi connectivity index (χ4v) is 3.07. The van der Waals surface area contributed by atoms with Gasteiger partial charge in [-0.25, -0.2) is 0 Å². The van der Waals surface area contributed by atoms with E-state index in [0.717, 1.165) is 44.9 Å². The average molecular weight is 323 g/mol. The first-order chi connectivity index (χ1) is 9.95. The SMILES string of the molecule is CCCCCCCCC(O)CCCCCCCS(=O)(=O)O. The van der Waals surface area contributed by atoms with E-state index in [9.17, 15) is 13.5 Å². The Kier molecular flexibility index (Phi) is 13.4. The lowest BCUT2D eigenvalue weighted by Gasteiger charge is -2.10. The van der Waals surface area contributed by atoms with E-state index in [1.807, 2.05) is 0 Å². The average Bonchev–Trinajstić information content (AvgIpc) is 2.40. The van der Waals surface area contributed by atoms with E-state index in [0.29, 0.717) is 6.42 Å². The van der Waals surface area contributed by atoms with Crippen molar-refractivity contribution in [2.75, 3.05) is 5.75 Å². The van der Waals surface area contributed by atoms with E-state index in [2.05, 4.69) is 6.92 Å². The molecule has 0 amide bonds. The molecule has 0 aromatic heterocycles. The van der Waals surface area contributed by atoms with Gasteiger partial charge in [-0.2, -0.15) is 8.42 Å². The topological polar surface area (TPSA) is 74.6 Å². The second kappa shape index (κ2) is 13.5. The van der Waals surface area contributed by atoms with E-state index in [1.165, 1.54) is 32.1 Å². The van der Waals surface area contributed by atoms with E-state index in [1.54, 1.807) is 0 Å². The van der Waals surface area contributed by atoms with Crippen molar-refractivity contribution in [1.29, 1.82) is 0 Å². The zero-order chi connectivity index (χ0) is 16.0. The number of rotatable bonds is 15. The molecular formula is C16H34O4S. The fourth-order valence-electron chi connectivity index (χ4n) is 2.50. The van der Waals surface area contributed by atoms with E-state index in [4.69, 9.17) is 4.55 Å². The monoisotopic (exact) mass is 322 g/mol. The predicted molar refractivity (Wildman–Crippen MR) is 88.1 cm³/mol. The van der Waals surface area contributed by atoms with Gasteiger partial charge in [-0.3, -0.25) is 4.55 Å². The van der Waals surface area contributed by atoms with Crippen molar-refractivity contribution in [2.24, 2.45) is 0 Å². The summed E-state index contributed by atoms with van der Waals surface area (Å²) in [5.41, 5.74) is 0. The Morgan fingerprint density at radius 3 is 1.67 bits per heavy atom. The van der Waals surface area contributed by atoms with Crippen LogP contribution in [0.15, 0.2) is 0 Å². The molecule has 0 aromatic rings. The molecule has 2 N–H and O–H groups in total. The van der Waals surface area contributed by atoms with Crippen LogP contribution >= 0.6 is 0 Å².